The average molecular weight is 290 g/mol. The first-order valence-corrected chi connectivity index (χ1v) is 7.61. The van der Waals surface area contributed by atoms with Crippen LogP contribution in [0.15, 0.2) is 23.1 Å². The van der Waals surface area contributed by atoms with Gasteiger partial charge in [-0.25, -0.2) is 21.9 Å². The van der Waals surface area contributed by atoms with Crippen molar-refractivity contribution in [1.29, 1.82) is 0 Å². The van der Waals surface area contributed by atoms with E-state index in [4.69, 9.17) is 5.73 Å². The molecule has 19 heavy (non-hydrogen) atoms. The summed E-state index contributed by atoms with van der Waals surface area (Å²) in [5, 5.41) is 0. The summed E-state index contributed by atoms with van der Waals surface area (Å²) in [5.41, 5.74) is 5.85. The Morgan fingerprint density at radius 1 is 1.11 bits per heavy atom. The lowest BCUT2D eigenvalue weighted by Crippen LogP contribution is -2.49. The van der Waals surface area contributed by atoms with Crippen molar-refractivity contribution in [2.24, 2.45) is 5.73 Å². The lowest BCUT2D eigenvalue weighted by molar-refractivity contribution is 0.361. The Kier molecular flexibility index (Phi) is 4.17. The molecule has 1 saturated carbocycles. The van der Waals surface area contributed by atoms with Gasteiger partial charge in [0.05, 0.1) is 4.90 Å². The van der Waals surface area contributed by atoms with Crippen molar-refractivity contribution in [1.82, 2.24) is 4.72 Å². The maximum atomic E-state index is 13.1. The number of hydrogen-bond donors (Lipinski definition) is 2. The summed E-state index contributed by atoms with van der Waals surface area (Å²) in [6.07, 6.45) is 3.23. The summed E-state index contributed by atoms with van der Waals surface area (Å²) in [5.74, 6) is -1.85. The predicted octanol–water partition coefficient (Wildman–Crippen LogP) is 1.51. The van der Waals surface area contributed by atoms with Crippen LogP contribution >= 0.6 is 0 Å². The number of nitrogens with one attached hydrogen (secondary N) is 1. The molecule has 1 fully saturated rings. The van der Waals surface area contributed by atoms with Gasteiger partial charge in [-0.1, -0.05) is 12.8 Å². The standard InChI is InChI=1S/C12H16F2N2O2S/c13-8-5-9(14)7-10(6-8)19(17,18)16-12-4-2-1-3-11(12)15/h5-7,11-12,16H,1-4,15H2/t11-,12-/m1/s1. The number of halogens is 2. The molecular formula is C12H16F2N2O2S. The molecule has 0 saturated heterocycles. The quantitative estimate of drug-likeness (QED) is 0.886. The van der Waals surface area contributed by atoms with E-state index >= 15 is 0 Å². The maximum absolute atomic E-state index is 13.1. The molecule has 0 amide bonds. The number of benzene rings is 1. The van der Waals surface area contributed by atoms with Crippen LogP contribution in [0.1, 0.15) is 25.7 Å². The Bertz CT molecular complexity index is 543. The fourth-order valence-corrected chi connectivity index (χ4v) is 3.62. The summed E-state index contributed by atoms with van der Waals surface area (Å²) in [6, 6.07) is 1.57. The average Bonchev–Trinajstić information content (AvgIpc) is 2.31. The van der Waals surface area contributed by atoms with Crippen LogP contribution in [0, 0.1) is 11.6 Å². The van der Waals surface area contributed by atoms with Crippen molar-refractivity contribution in [3.05, 3.63) is 29.8 Å². The molecule has 3 N–H and O–H groups in total. The molecule has 7 heteroatoms. The lowest BCUT2D eigenvalue weighted by atomic mass is 9.92. The van der Waals surface area contributed by atoms with Crippen molar-refractivity contribution in [2.45, 2.75) is 42.7 Å². The molecule has 1 aromatic carbocycles. The third-order valence-electron chi connectivity index (χ3n) is 3.27. The Hall–Kier alpha value is -1.05. The lowest BCUT2D eigenvalue weighted by Gasteiger charge is -2.29. The van der Waals surface area contributed by atoms with Crippen LogP contribution in [0.4, 0.5) is 8.78 Å². The molecule has 2 rings (SSSR count). The summed E-state index contributed by atoms with van der Waals surface area (Å²) in [4.78, 5) is -0.414. The van der Waals surface area contributed by atoms with Crippen LogP contribution < -0.4 is 10.5 Å². The van der Waals surface area contributed by atoms with Gasteiger partial charge in [-0.3, -0.25) is 0 Å². The monoisotopic (exact) mass is 290 g/mol. The molecule has 0 unspecified atom stereocenters. The predicted molar refractivity (Wildman–Crippen MR) is 66.9 cm³/mol. The van der Waals surface area contributed by atoms with Gasteiger partial charge >= 0.3 is 0 Å². The van der Waals surface area contributed by atoms with Gasteiger partial charge in [0.2, 0.25) is 10.0 Å². The van der Waals surface area contributed by atoms with E-state index in [1.165, 1.54) is 0 Å². The van der Waals surface area contributed by atoms with Crippen LogP contribution in [0.3, 0.4) is 0 Å². The van der Waals surface area contributed by atoms with E-state index in [0.29, 0.717) is 12.5 Å². The van der Waals surface area contributed by atoms with Gasteiger partial charge < -0.3 is 5.73 Å². The molecule has 4 nitrogen and oxygen atoms in total. The molecule has 0 spiro atoms. The van der Waals surface area contributed by atoms with Gasteiger partial charge in [0.1, 0.15) is 11.6 Å². The van der Waals surface area contributed by atoms with E-state index in [2.05, 4.69) is 4.72 Å². The van der Waals surface area contributed by atoms with E-state index in [0.717, 1.165) is 31.4 Å². The zero-order valence-corrected chi connectivity index (χ0v) is 11.1. The highest BCUT2D eigenvalue weighted by molar-refractivity contribution is 7.89. The SMILES string of the molecule is N[C@@H]1CCCC[C@H]1NS(=O)(=O)c1cc(F)cc(F)c1. The molecule has 2 atom stereocenters. The summed E-state index contributed by atoms with van der Waals surface area (Å²) in [6.45, 7) is 0. The van der Waals surface area contributed by atoms with E-state index in [-0.39, 0.29) is 12.1 Å². The smallest absolute Gasteiger partial charge is 0.241 e. The zero-order valence-electron chi connectivity index (χ0n) is 10.3. The van der Waals surface area contributed by atoms with Crippen molar-refractivity contribution >= 4 is 10.0 Å². The van der Waals surface area contributed by atoms with E-state index in [9.17, 15) is 17.2 Å². The van der Waals surface area contributed by atoms with Crippen LogP contribution in [0.25, 0.3) is 0 Å². The van der Waals surface area contributed by atoms with Gasteiger partial charge in [0.25, 0.3) is 0 Å². The molecule has 0 heterocycles. The highest BCUT2D eigenvalue weighted by Crippen LogP contribution is 2.20. The second-order valence-electron chi connectivity index (χ2n) is 4.78. The third-order valence-corrected chi connectivity index (χ3v) is 4.74. The Morgan fingerprint density at radius 3 is 2.26 bits per heavy atom. The van der Waals surface area contributed by atoms with Gasteiger partial charge in [-0.05, 0) is 25.0 Å². The first-order chi connectivity index (χ1) is 8.88. The van der Waals surface area contributed by atoms with Crippen LogP contribution in [-0.4, -0.2) is 20.5 Å². The van der Waals surface area contributed by atoms with Crippen LogP contribution in [0.2, 0.25) is 0 Å². The molecule has 1 aromatic rings. The molecular weight excluding hydrogens is 274 g/mol. The van der Waals surface area contributed by atoms with Crippen molar-refractivity contribution < 1.29 is 17.2 Å². The van der Waals surface area contributed by atoms with Crippen molar-refractivity contribution in [3.8, 4) is 0 Å². The van der Waals surface area contributed by atoms with E-state index in [1.54, 1.807) is 0 Å². The Morgan fingerprint density at radius 2 is 1.68 bits per heavy atom. The number of nitrogens with two attached hydrogens (primary N) is 1. The Labute approximate surface area is 111 Å². The van der Waals surface area contributed by atoms with Gasteiger partial charge in [-0.2, -0.15) is 0 Å². The summed E-state index contributed by atoms with van der Waals surface area (Å²) in [7, 11) is -3.95. The minimum absolute atomic E-state index is 0.262. The molecule has 1 aliphatic rings. The topological polar surface area (TPSA) is 72.2 Å². The second-order valence-corrected chi connectivity index (χ2v) is 6.50. The number of rotatable bonds is 3. The van der Waals surface area contributed by atoms with Gasteiger partial charge in [0, 0.05) is 18.2 Å². The minimum atomic E-state index is -3.95. The second kappa shape index (κ2) is 5.52. The first-order valence-electron chi connectivity index (χ1n) is 6.12. The van der Waals surface area contributed by atoms with E-state index in [1.807, 2.05) is 0 Å². The molecule has 0 aliphatic heterocycles. The number of sulfonamides is 1. The molecule has 106 valence electrons. The Balaban J connectivity index is 2.22. The molecule has 1 aliphatic carbocycles. The molecule has 0 bridgehead atoms. The van der Waals surface area contributed by atoms with Gasteiger partial charge in [0.15, 0.2) is 0 Å². The van der Waals surface area contributed by atoms with Crippen LogP contribution in [0.5, 0.6) is 0 Å². The molecule has 0 aromatic heterocycles. The van der Waals surface area contributed by atoms with Crippen molar-refractivity contribution in [2.75, 3.05) is 0 Å². The zero-order chi connectivity index (χ0) is 14.0. The molecule has 0 radical (unpaired) electrons. The fourth-order valence-electron chi connectivity index (χ4n) is 2.26. The van der Waals surface area contributed by atoms with E-state index < -0.39 is 26.6 Å². The number of hydrogen-bond acceptors (Lipinski definition) is 3. The highest BCUT2D eigenvalue weighted by atomic mass is 32.2. The largest absolute Gasteiger partial charge is 0.326 e. The normalized spacial score (nSPS) is 24.4. The first kappa shape index (κ1) is 14.4. The third kappa shape index (κ3) is 3.49. The summed E-state index contributed by atoms with van der Waals surface area (Å²) >= 11 is 0. The minimum Gasteiger partial charge on any atom is -0.326 e. The highest BCUT2D eigenvalue weighted by Gasteiger charge is 2.27. The van der Waals surface area contributed by atoms with Gasteiger partial charge in [-0.15, -0.1) is 0 Å². The fraction of sp³-hybridized carbons (Fsp3) is 0.500. The van der Waals surface area contributed by atoms with Crippen molar-refractivity contribution in [3.63, 3.8) is 0 Å². The van der Waals surface area contributed by atoms with Crippen LogP contribution in [-0.2, 0) is 10.0 Å². The maximum Gasteiger partial charge on any atom is 0.241 e. The summed E-state index contributed by atoms with van der Waals surface area (Å²) < 4.78 is 52.6.